The Labute approximate surface area is 166 Å². The van der Waals surface area contributed by atoms with Crippen LogP contribution in [0.1, 0.15) is 32.8 Å². The molecule has 0 aromatic heterocycles. The summed E-state index contributed by atoms with van der Waals surface area (Å²) in [4.78, 5) is 23.8. The first-order valence-corrected chi connectivity index (χ1v) is 9.45. The summed E-state index contributed by atoms with van der Waals surface area (Å²) in [6, 6.07) is 15.1. The number of ether oxygens (including phenoxy) is 1. The van der Waals surface area contributed by atoms with E-state index in [1.807, 2.05) is 25.1 Å². The summed E-state index contributed by atoms with van der Waals surface area (Å²) in [6.45, 7) is 5.25. The summed E-state index contributed by atoms with van der Waals surface area (Å²) in [5, 5.41) is 8.94. The lowest BCUT2D eigenvalue weighted by atomic mass is 10.1. The first-order valence-electron chi connectivity index (χ1n) is 9.45. The molecule has 0 saturated carbocycles. The van der Waals surface area contributed by atoms with Gasteiger partial charge in [-0.15, -0.1) is 0 Å². The second-order valence-corrected chi connectivity index (χ2v) is 6.90. The van der Waals surface area contributed by atoms with Crippen molar-refractivity contribution in [2.24, 2.45) is 0 Å². The number of hydrogen-bond acceptors (Lipinski definition) is 4. The Morgan fingerprint density at radius 3 is 2.43 bits per heavy atom. The molecule has 0 fully saturated rings. The molecule has 0 spiro atoms. The quantitative estimate of drug-likeness (QED) is 0.618. The average molecular weight is 383 g/mol. The average Bonchev–Trinajstić information content (AvgIpc) is 2.67. The molecule has 150 valence electrons. The van der Waals surface area contributed by atoms with Crippen LogP contribution in [0.3, 0.4) is 0 Å². The van der Waals surface area contributed by atoms with Crippen molar-refractivity contribution in [3.8, 4) is 5.75 Å². The molecule has 2 amide bonds. The van der Waals surface area contributed by atoms with Crippen LogP contribution in [-0.2, 0) is 16.0 Å². The van der Waals surface area contributed by atoms with Crippen LogP contribution in [0.5, 0.6) is 5.75 Å². The Balaban J connectivity index is 1.92. The van der Waals surface area contributed by atoms with E-state index >= 15 is 0 Å². The Morgan fingerprint density at radius 1 is 1.07 bits per heavy atom. The largest absolute Gasteiger partial charge is 0.495 e. The van der Waals surface area contributed by atoms with E-state index in [0.29, 0.717) is 17.1 Å². The number of carbonyl (C=O) groups excluding carboxylic acids is 2. The van der Waals surface area contributed by atoms with Crippen molar-refractivity contribution in [3.05, 3.63) is 54.1 Å². The normalized spacial score (nSPS) is 12.6. The molecule has 3 N–H and O–H groups in total. The predicted octanol–water partition coefficient (Wildman–Crippen LogP) is 3.59. The second kappa shape index (κ2) is 10.3. The summed E-state index contributed by atoms with van der Waals surface area (Å²) in [5.41, 5.74) is 2.54. The molecule has 0 heterocycles. The van der Waals surface area contributed by atoms with E-state index in [2.05, 4.69) is 28.1 Å². The van der Waals surface area contributed by atoms with Gasteiger partial charge in [0.15, 0.2) is 0 Å². The van der Waals surface area contributed by atoms with Gasteiger partial charge in [0.05, 0.1) is 12.8 Å². The zero-order valence-electron chi connectivity index (χ0n) is 16.9. The van der Waals surface area contributed by atoms with E-state index in [1.54, 1.807) is 32.2 Å². The molecule has 6 nitrogen and oxygen atoms in total. The Morgan fingerprint density at radius 2 is 1.79 bits per heavy atom. The van der Waals surface area contributed by atoms with Gasteiger partial charge in [-0.1, -0.05) is 30.3 Å². The van der Waals surface area contributed by atoms with E-state index in [1.165, 1.54) is 12.5 Å². The minimum atomic E-state index is -0.458. The van der Waals surface area contributed by atoms with Crippen molar-refractivity contribution in [1.29, 1.82) is 0 Å². The summed E-state index contributed by atoms with van der Waals surface area (Å²) >= 11 is 0. The smallest absolute Gasteiger partial charge is 0.242 e. The van der Waals surface area contributed by atoms with E-state index in [9.17, 15) is 9.59 Å². The fraction of sp³-hybridized carbons (Fsp3) is 0.364. The van der Waals surface area contributed by atoms with Crippen molar-refractivity contribution in [3.63, 3.8) is 0 Å². The van der Waals surface area contributed by atoms with Gasteiger partial charge in [0.2, 0.25) is 11.8 Å². The number of benzene rings is 2. The third-order valence-electron chi connectivity index (χ3n) is 4.38. The summed E-state index contributed by atoms with van der Waals surface area (Å²) in [5.74, 6) is 0.354. The van der Waals surface area contributed by atoms with Crippen LogP contribution in [0.2, 0.25) is 0 Å². The van der Waals surface area contributed by atoms with Gasteiger partial charge in [-0.2, -0.15) is 0 Å². The monoisotopic (exact) mass is 383 g/mol. The fourth-order valence-corrected chi connectivity index (χ4v) is 2.87. The lowest BCUT2D eigenvalue weighted by Crippen LogP contribution is -2.42. The first-order chi connectivity index (χ1) is 13.4. The van der Waals surface area contributed by atoms with E-state index in [4.69, 9.17) is 4.74 Å². The maximum Gasteiger partial charge on any atom is 0.242 e. The standard InChI is InChI=1S/C22H29N3O3/c1-15(10-11-18-8-6-5-7-9-18)23-22(27)16(2)24-20-14-19(25-17(3)26)12-13-21(20)28-4/h5-9,12-16,24H,10-11H2,1-4H3,(H,23,27)(H,25,26)/t15-,16+/m0/s1. The SMILES string of the molecule is COc1ccc(NC(C)=O)cc1N[C@H](C)C(=O)N[C@@H](C)CCc1ccccc1. The van der Waals surface area contributed by atoms with E-state index < -0.39 is 6.04 Å². The molecule has 2 rings (SSSR count). The maximum atomic E-state index is 12.5. The minimum Gasteiger partial charge on any atom is -0.495 e. The van der Waals surface area contributed by atoms with Gasteiger partial charge in [-0.25, -0.2) is 0 Å². The fourth-order valence-electron chi connectivity index (χ4n) is 2.87. The number of carbonyl (C=O) groups is 2. The highest BCUT2D eigenvalue weighted by Crippen LogP contribution is 2.28. The van der Waals surface area contributed by atoms with Gasteiger partial charge in [0, 0.05) is 18.7 Å². The topological polar surface area (TPSA) is 79.5 Å². The molecule has 28 heavy (non-hydrogen) atoms. The summed E-state index contributed by atoms with van der Waals surface area (Å²) in [7, 11) is 1.56. The molecule has 2 aromatic carbocycles. The van der Waals surface area contributed by atoms with Crippen molar-refractivity contribution < 1.29 is 14.3 Å². The first kappa shape index (κ1) is 21.3. The highest BCUT2D eigenvalue weighted by atomic mass is 16.5. The molecule has 2 aromatic rings. The van der Waals surface area contributed by atoms with Crippen molar-refractivity contribution in [2.45, 2.75) is 45.7 Å². The second-order valence-electron chi connectivity index (χ2n) is 6.90. The van der Waals surface area contributed by atoms with Crippen LogP contribution >= 0.6 is 0 Å². The van der Waals surface area contributed by atoms with E-state index in [-0.39, 0.29) is 17.9 Å². The predicted molar refractivity (Wildman–Crippen MR) is 113 cm³/mol. The summed E-state index contributed by atoms with van der Waals surface area (Å²) < 4.78 is 5.35. The van der Waals surface area contributed by atoms with Crippen LogP contribution in [0.15, 0.2) is 48.5 Å². The zero-order chi connectivity index (χ0) is 20.5. The van der Waals surface area contributed by atoms with Gasteiger partial charge < -0.3 is 20.7 Å². The van der Waals surface area contributed by atoms with Crippen LogP contribution in [0.4, 0.5) is 11.4 Å². The molecule has 2 atom stereocenters. The molecular weight excluding hydrogens is 354 g/mol. The lowest BCUT2D eigenvalue weighted by Gasteiger charge is -2.21. The zero-order valence-corrected chi connectivity index (χ0v) is 16.9. The van der Waals surface area contributed by atoms with E-state index in [0.717, 1.165) is 12.8 Å². The molecule has 0 bridgehead atoms. The molecular formula is C22H29N3O3. The highest BCUT2D eigenvalue weighted by molar-refractivity contribution is 5.90. The van der Waals surface area contributed by atoms with Crippen LogP contribution < -0.4 is 20.7 Å². The van der Waals surface area contributed by atoms with Crippen molar-refractivity contribution in [2.75, 3.05) is 17.7 Å². The molecule has 0 saturated heterocycles. The molecule has 0 aliphatic rings. The van der Waals surface area contributed by atoms with Gasteiger partial charge in [0.25, 0.3) is 0 Å². The van der Waals surface area contributed by atoms with Crippen molar-refractivity contribution in [1.82, 2.24) is 5.32 Å². The number of aryl methyl sites for hydroxylation is 1. The Hall–Kier alpha value is -3.02. The molecule has 6 heteroatoms. The number of nitrogens with one attached hydrogen (secondary N) is 3. The molecule has 0 unspecified atom stereocenters. The third-order valence-corrected chi connectivity index (χ3v) is 4.38. The van der Waals surface area contributed by atoms with Gasteiger partial charge in [0.1, 0.15) is 11.8 Å². The van der Waals surface area contributed by atoms with Crippen LogP contribution in [-0.4, -0.2) is 31.0 Å². The minimum absolute atomic E-state index is 0.0598. The van der Waals surface area contributed by atoms with Crippen molar-refractivity contribution >= 4 is 23.2 Å². The highest BCUT2D eigenvalue weighted by Gasteiger charge is 2.17. The number of hydrogen-bond donors (Lipinski definition) is 3. The van der Waals surface area contributed by atoms with Gasteiger partial charge in [-0.05, 0) is 50.5 Å². The molecule has 0 radical (unpaired) electrons. The number of methoxy groups -OCH3 is 1. The summed E-state index contributed by atoms with van der Waals surface area (Å²) in [6.07, 6.45) is 1.78. The van der Waals surface area contributed by atoms with Gasteiger partial charge in [-0.3, -0.25) is 9.59 Å². The Kier molecular flexibility index (Phi) is 7.87. The van der Waals surface area contributed by atoms with Crippen LogP contribution in [0.25, 0.3) is 0 Å². The van der Waals surface area contributed by atoms with Crippen LogP contribution in [0, 0.1) is 0 Å². The Bertz CT molecular complexity index is 793. The lowest BCUT2D eigenvalue weighted by molar-refractivity contribution is -0.122. The maximum absolute atomic E-state index is 12.5. The number of anilines is 2. The number of rotatable bonds is 9. The molecule has 0 aliphatic carbocycles. The molecule has 0 aliphatic heterocycles. The third kappa shape index (κ3) is 6.61. The number of amides is 2. The van der Waals surface area contributed by atoms with Gasteiger partial charge >= 0.3 is 0 Å².